The van der Waals surface area contributed by atoms with Gasteiger partial charge in [0.05, 0.1) is 21.9 Å². The maximum atomic E-state index is 13.9. The highest BCUT2D eigenvalue weighted by Gasteiger charge is 2.29. The molecule has 166 valence electrons. The fourth-order valence-electron chi connectivity index (χ4n) is 3.67. The fourth-order valence-corrected chi connectivity index (χ4v) is 3.67. The zero-order valence-electron chi connectivity index (χ0n) is 17.9. The van der Waals surface area contributed by atoms with Gasteiger partial charge in [0.25, 0.3) is 5.91 Å². The summed E-state index contributed by atoms with van der Waals surface area (Å²) in [5.74, 6) is -1.62. The zero-order valence-corrected chi connectivity index (χ0v) is 17.9. The third-order valence-corrected chi connectivity index (χ3v) is 5.32. The third-order valence-electron chi connectivity index (χ3n) is 5.32. The van der Waals surface area contributed by atoms with Gasteiger partial charge in [0.1, 0.15) is 0 Å². The molecule has 0 aliphatic rings. The minimum atomic E-state index is -1.16. The summed E-state index contributed by atoms with van der Waals surface area (Å²) in [6, 6.07) is 12.3. The summed E-state index contributed by atoms with van der Waals surface area (Å²) in [6.07, 6.45) is 0. The normalized spacial score (nSPS) is 10.9. The fraction of sp³-hybridized carbons (Fsp3) is 0.130. The predicted molar refractivity (Wildman–Crippen MR) is 119 cm³/mol. The van der Waals surface area contributed by atoms with E-state index in [0.717, 1.165) is 5.56 Å². The van der Waals surface area contributed by atoms with Gasteiger partial charge in [-0.2, -0.15) is 0 Å². The molecular weight excluding hydrogens is 428 g/mol. The van der Waals surface area contributed by atoms with Crippen LogP contribution in [0.3, 0.4) is 0 Å². The maximum Gasteiger partial charge on any atom is 0.335 e. The van der Waals surface area contributed by atoms with Crippen LogP contribution in [0.2, 0.25) is 0 Å². The zero-order chi connectivity index (χ0) is 23.9. The number of rotatable bonds is 5. The van der Waals surface area contributed by atoms with Crippen molar-refractivity contribution in [2.45, 2.75) is 20.8 Å². The van der Waals surface area contributed by atoms with Crippen molar-refractivity contribution in [2.75, 3.05) is 4.90 Å². The van der Waals surface area contributed by atoms with Crippen molar-refractivity contribution < 1.29 is 24.2 Å². The molecule has 3 aromatic carbocycles. The van der Waals surface area contributed by atoms with Gasteiger partial charge in [0.2, 0.25) is 5.52 Å². The Bertz CT molecular complexity index is 1440. The van der Waals surface area contributed by atoms with Crippen LogP contribution in [-0.4, -0.2) is 32.2 Å². The number of anilines is 2. The Morgan fingerprint density at radius 3 is 2.33 bits per heavy atom. The Kier molecular flexibility index (Phi) is 5.34. The van der Waals surface area contributed by atoms with Crippen molar-refractivity contribution in [2.24, 2.45) is 0 Å². The maximum absolute atomic E-state index is 13.9. The van der Waals surface area contributed by atoms with Gasteiger partial charge in [-0.25, -0.2) is 9.42 Å². The molecule has 0 unspecified atom stereocenters. The Labute approximate surface area is 187 Å². The molecule has 0 saturated heterocycles. The van der Waals surface area contributed by atoms with Crippen molar-refractivity contribution >= 4 is 40.0 Å². The molecule has 0 radical (unpaired) electrons. The molecule has 10 nitrogen and oxygen atoms in total. The second-order valence-corrected chi connectivity index (χ2v) is 7.59. The number of fused-ring (bicyclic) bond motifs is 1. The summed E-state index contributed by atoms with van der Waals surface area (Å²) in [5.41, 5.74) is 2.67. The molecule has 33 heavy (non-hydrogen) atoms. The number of aromatic nitrogens is 2. The number of aromatic carboxylic acids is 1. The molecule has 0 atom stereocenters. The molecule has 1 N–H and O–H groups in total. The van der Waals surface area contributed by atoms with Crippen LogP contribution in [0, 0.1) is 30.9 Å². The number of hydrogen-bond donors (Lipinski definition) is 1. The van der Waals surface area contributed by atoms with Gasteiger partial charge in [0, 0.05) is 11.6 Å². The average Bonchev–Trinajstić information content (AvgIpc) is 3.24. The summed E-state index contributed by atoms with van der Waals surface area (Å²) >= 11 is 0. The van der Waals surface area contributed by atoms with Crippen molar-refractivity contribution in [3.05, 3.63) is 86.5 Å². The minimum absolute atomic E-state index is 0.00226. The number of nitro benzene ring substituents is 1. The molecule has 0 aliphatic carbocycles. The van der Waals surface area contributed by atoms with E-state index in [2.05, 4.69) is 10.3 Å². The Morgan fingerprint density at radius 1 is 0.939 bits per heavy atom. The summed E-state index contributed by atoms with van der Waals surface area (Å²) in [6.45, 7) is 5.43. The molecule has 1 heterocycles. The van der Waals surface area contributed by atoms with Crippen LogP contribution in [0.4, 0.5) is 17.1 Å². The van der Waals surface area contributed by atoms with Crippen LogP contribution in [0.15, 0.2) is 53.2 Å². The number of nitrogens with zero attached hydrogens (tertiary/aromatic N) is 4. The van der Waals surface area contributed by atoms with Gasteiger partial charge in [-0.05, 0) is 66.5 Å². The first kappa shape index (κ1) is 21.6. The third kappa shape index (κ3) is 3.78. The lowest BCUT2D eigenvalue weighted by molar-refractivity contribution is -0.383. The first-order chi connectivity index (χ1) is 15.7. The van der Waals surface area contributed by atoms with E-state index in [9.17, 15) is 24.8 Å². The van der Waals surface area contributed by atoms with E-state index in [0.29, 0.717) is 16.7 Å². The van der Waals surface area contributed by atoms with Gasteiger partial charge in [-0.15, -0.1) is 0 Å². The van der Waals surface area contributed by atoms with E-state index in [1.165, 1.54) is 29.2 Å². The molecule has 0 aliphatic heterocycles. The summed E-state index contributed by atoms with van der Waals surface area (Å²) in [7, 11) is 0. The molecule has 0 spiro atoms. The van der Waals surface area contributed by atoms with Gasteiger partial charge in [-0.3, -0.25) is 19.8 Å². The predicted octanol–water partition coefficient (Wildman–Crippen LogP) is 4.73. The molecule has 4 aromatic rings. The molecule has 10 heteroatoms. The van der Waals surface area contributed by atoms with Crippen molar-refractivity contribution in [3.63, 3.8) is 0 Å². The molecule has 0 fully saturated rings. The number of amides is 1. The van der Waals surface area contributed by atoms with Crippen molar-refractivity contribution in [3.8, 4) is 0 Å². The van der Waals surface area contributed by atoms with Gasteiger partial charge in [0.15, 0.2) is 5.52 Å². The number of nitro groups is 1. The monoisotopic (exact) mass is 446 g/mol. The number of carbonyl (C=O) groups excluding carboxylic acids is 1. The molecule has 4 rings (SSSR count). The van der Waals surface area contributed by atoms with Crippen molar-refractivity contribution in [1.29, 1.82) is 0 Å². The summed E-state index contributed by atoms with van der Waals surface area (Å²) < 4.78 is 4.76. The van der Waals surface area contributed by atoms with Crippen LogP contribution < -0.4 is 4.90 Å². The standard InChI is InChI=1S/C23H18N4O6/c1-12-4-7-16(14(3)10-12)22(28)26(19-11-15(23(29)30)6-5-13(19)2)17-8-9-18(27(31)32)21-20(17)24-33-25-21/h4-11H,1-3H3,(H,29,30). The smallest absolute Gasteiger partial charge is 0.335 e. The minimum Gasteiger partial charge on any atom is -0.478 e. The number of carboxylic acid groups (broad SMARTS) is 1. The van der Waals surface area contributed by atoms with E-state index in [4.69, 9.17) is 4.63 Å². The Balaban J connectivity index is 2.02. The van der Waals surface area contributed by atoms with Crippen molar-refractivity contribution in [1.82, 2.24) is 10.3 Å². The number of carbonyl (C=O) groups is 2. The van der Waals surface area contributed by atoms with E-state index in [1.807, 2.05) is 13.0 Å². The van der Waals surface area contributed by atoms with E-state index < -0.39 is 16.8 Å². The van der Waals surface area contributed by atoms with Gasteiger partial charge >= 0.3 is 11.7 Å². The van der Waals surface area contributed by atoms with Gasteiger partial charge < -0.3 is 5.11 Å². The lowest BCUT2D eigenvalue weighted by Gasteiger charge is -2.26. The van der Waals surface area contributed by atoms with E-state index >= 15 is 0 Å². The highest BCUT2D eigenvalue weighted by Crippen LogP contribution is 2.38. The second-order valence-electron chi connectivity index (χ2n) is 7.59. The average molecular weight is 446 g/mol. The Hall–Kier alpha value is -4.60. The highest BCUT2D eigenvalue weighted by molar-refractivity contribution is 6.16. The lowest BCUT2D eigenvalue weighted by atomic mass is 10.0. The molecule has 1 amide bonds. The molecule has 1 aromatic heterocycles. The lowest BCUT2D eigenvalue weighted by Crippen LogP contribution is -2.28. The van der Waals surface area contributed by atoms with E-state index in [-0.39, 0.29) is 33.7 Å². The number of carboxylic acids is 1. The molecule has 0 bridgehead atoms. The van der Waals surface area contributed by atoms with Crippen LogP contribution in [0.1, 0.15) is 37.4 Å². The first-order valence-corrected chi connectivity index (χ1v) is 9.84. The highest BCUT2D eigenvalue weighted by atomic mass is 16.6. The number of aryl methyl sites for hydroxylation is 3. The molecular formula is C23H18N4O6. The van der Waals surface area contributed by atoms with E-state index in [1.54, 1.807) is 32.0 Å². The number of hydrogen-bond acceptors (Lipinski definition) is 7. The second kappa shape index (κ2) is 8.15. The first-order valence-electron chi connectivity index (χ1n) is 9.84. The summed E-state index contributed by atoms with van der Waals surface area (Å²) in [5, 5.41) is 28.4. The van der Waals surface area contributed by atoms with Crippen LogP contribution in [0.5, 0.6) is 0 Å². The van der Waals surface area contributed by atoms with Crippen LogP contribution >= 0.6 is 0 Å². The topological polar surface area (TPSA) is 140 Å². The van der Waals surface area contributed by atoms with Crippen LogP contribution in [0.25, 0.3) is 11.0 Å². The largest absolute Gasteiger partial charge is 0.478 e. The van der Waals surface area contributed by atoms with Crippen LogP contribution in [-0.2, 0) is 0 Å². The SMILES string of the molecule is Cc1ccc(C(=O)N(c2cc(C(=O)O)ccc2C)c2ccc([N+](=O)[O-])c3nonc23)c(C)c1. The summed E-state index contributed by atoms with van der Waals surface area (Å²) in [4.78, 5) is 37.6. The number of non-ortho nitro benzene ring substituents is 1. The Morgan fingerprint density at radius 2 is 1.67 bits per heavy atom. The number of benzene rings is 3. The van der Waals surface area contributed by atoms with Gasteiger partial charge in [-0.1, -0.05) is 23.8 Å². The molecule has 0 saturated carbocycles. The quantitative estimate of drug-likeness (QED) is 0.343.